The lowest BCUT2D eigenvalue weighted by molar-refractivity contribution is -0.137. The van der Waals surface area contributed by atoms with Crippen molar-refractivity contribution in [1.82, 2.24) is 4.98 Å². The van der Waals surface area contributed by atoms with Crippen molar-refractivity contribution in [3.63, 3.8) is 0 Å². The number of carbonyl (C=O) groups is 1. The number of aromatic nitrogens is 1. The monoisotopic (exact) mass is 314 g/mol. The number of nitrogens with two attached hydrogens (primary N) is 1. The molecule has 0 bridgehead atoms. The Hall–Kier alpha value is -2.08. The summed E-state index contributed by atoms with van der Waals surface area (Å²) >= 11 is 5.73. The maximum Gasteiger partial charge on any atom is 0.416 e. The van der Waals surface area contributed by atoms with Gasteiger partial charge in [-0.1, -0.05) is 29.8 Å². The SMILES string of the molecule is Nc1ncc(Cl)cc1C(=O)Cc1cccc(C(F)(F)F)c1. The number of Topliss-reactive ketones (excluding diaryl/α,β-unsaturated/α-hetero) is 1. The summed E-state index contributed by atoms with van der Waals surface area (Å²) in [6.07, 6.45) is -3.37. The highest BCUT2D eigenvalue weighted by molar-refractivity contribution is 6.31. The van der Waals surface area contributed by atoms with E-state index in [4.69, 9.17) is 17.3 Å². The second kappa shape index (κ2) is 5.73. The molecule has 0 aliphatic rings. The highest BCUT2D eigenvalue weighted by Gasteiger charge is 2.30. The summed E-state index contributed by atoms with van der Waals surface area (Å²) < 4.78 is 37.8. The Labute approximate surface area is 123 Å². The van der Waals surface area contributed by atoms with E-state index in [1.54, 1.807) is 0 Å². The van der Waals surface area contributed by atoms with Gasteiger partial charge in [0, 0.05) is 12.6 Å². The molecule has 0 unspecified atom stereocenters. The number of hydrogen-bond acceptors (Lipinski definition) is 3. The summed E-state index contributed by atoms with van der Waals surface area (Å²) in [5.41, 5.74) is 5.11. The topological polar surface area (TPSA) is 56.0 Å². The van der Waals surface area contributed by atoms with Crippen LogP contribution >= 0.6 is 11.6 Å². The van der Waals surface area contributed by atoms with Gasteiger partial charge in [0.25, 0.3) is 0 Å². The zero-order valence-corrected chi connectivity index (χ0v) is 11.4. The molecule has 0 radical (unpaired) electrons. The first kappa shape index (κ1) is 15.3. The Morgan fingerprint density at radius 3 is 2.67 bits per heavy atom. The predicted octanol–water partition coefficient (Wildman–Crippen LogP) is 3.76. The first-order valence-corrected chi connectivity index (χ1v) is 6.25. The molecule has 110 valence electrons. The van der Waals surface area contributed by atoms with Crippen LogP contribution in [0.25, 0.3) is 0 Å². The molecule has 0 fully saturated rings. The average molecular weight is 315 g/mol. The maximum absolute atomic E-state index is 12.6. The number of rotatable bonds is 3. The second-order valence-corrected chi connectivity index (χ2v) is 4.82. The maximum atomic E-state index is 12.6. The number of carbonyl (C=O) groups excluding carboxylic acids is 1. The minimum Gasteiger partial charge on any atom is -0.383 e. The van der Waals surface area contributed by atoms with Gasteiger partial charge in [-0.05, 0) is 17.7 Å². The zero-order chi connectivity index (χ0) is 15.6. The third-order valence-corrected chi connectivity index (χ3v) is 3.01. The summed E-state index contributed by atoms with van der Waals surface area (Å²) in [7, 11) is 0. The van der Waals surface area contributed by atoms with Gasteiger partial charge in [-0.15, -0.1) is 0 Å². The lowest BCUT2D eigenvalue weighted by Gasteiger charge is -2.09. The van der Waals surface area contributed by atoms with Crippen molar-refractivity contribution < 1.29 is 18.0 Å². The zero-order valence-electron chi connectivity index (χ0n) is 10.6. The molecule has 2 N–H and O–H groups in total. The second-order valence-electron chi connectivity index (χ2n) is 4.38. The van der Waals surface area contributed by atoms with Crippen LogP contribution in [-0.4, -0.2) is 10.8 Å². The lowest BCUT2D eigenvalue weighted by atomic mass is 10.0. The van der Waals surface area contributed by atoms with Gasteiger partial charge < -0.3 is 5.73 Å². The first-order valence-electron chi connectivity index (χ1n) is 5.88. The van der Waals surface area contributed by atoms with Crippen molar-refractivity contribution in [2.45, 2.75) is 12.6 Å². The van der Waals surface area contributed by atoms with Crippen molar-refractivity contribution in [1.29, 1.82) is 0 Å². The van der Waals surface area contributed by atoms with E-state index in [1.165, 1.54) is 24.4 Å². The number of ketones is 1. The van der Waals surface area contributed by atoms with Gasteiger partial charge in [0.1, 0.15) is 5.82 Å². The largest absolute Gasteiger partial charge is 0.416 e. The molecule has 0 atom stereocenters. The van der Waals surface area contributed by atoms with Crippen molar-refractivity contribution in [2.24, 2.45) is 0 Å². The Balaban J connectivity index is 2.26. The van der Waals surface area contributed by atoms with E-state index in [1.807, 2.05) is 0 Å². The van der Waals surface area contributed by atoms with E-state index in [-0.39, 0.29) is 28.4 Å². The molecule has 7 heteroatoms. The predicted molar refractivity (Wildman–Crippen MR) is 73.1 cm³/mol. The fraction of sp³-hybridized carbons (Fsp3) is 0.143. The molecule has 1 aromatic carbocycles. The highest BCUT2D eigenvalue weighted by atomic mass is 35.5. The molecule has 0 aliphatic carbocycles. The van der Waals surface area contributed by atoms with Gasteiger partial charge in [-0.3, -0.25) is 4.79 Å². The van der Waals surface area contributed by atoms with E-state index in [2.05, 4.69) is 4.98 Å². The van der Waals surface area contributed by atoms with Gasteiger partial charge in [0.15, 0.2) is 5.78 Å². The fourth-order valence-electron chi connectivity index (χ4n) is 1.81. The third-order valence-electron chi connectivity index (χ3n) is 2.80. The molecule has 0 saturated carbocycles. The molecule has 0 aliphatic heterocycles. The van der Waals surface area contributed by atoms with Crippen molar-refractivity contribution in [3.8, 4) is 0 Å². The number of anilines is 1. The van der Waals surface area contributed by atoms with Gasteiger partial charge in [0.05, 0.1) is 16.1 Å². The van der Waals surface area contributed by atoms with Gasteiger partial charge in [-0.2, -0.15) is 13.2 Å². The normalized spacial score (nSPS) is 11.4. The van der Waals surface area contributed by atoms with Crippen molar-refractivity contribution in [2.75, 3.05) is 5.73 Å². The molecule has 1 heterocycles. The van der Waals surface area contributed by atoms with E-state index < -0.39 is 17.5 Å². The molecule has 2 aromatic rings. The molecular formula is C14H10ClF3N2O. The number of hydrogen-bond donors (Lipinski definition) is 1. The first-order chi connectivity index (χ1) is 9.77. The van der Waals surface area contributed by atoms with E-state index in [0.29, 0.717) is 0 Å². The van der Waals surface area contributed by atoms with Crippen molar-refractivity contribution >= 4 is 23.2 Å². The fourth-order valence-corrected chi connectivity index (χ4v) is 1.97. The van der Waals surface area contributed by atoms with Crippen LogP contribution in [-0.2, 0) is 12.6 Å². The smallest absolute Gasteiger partial charge is 0.383 e. The number of alkyl halides is 3. The summed E-state index contributed by atoms with van der Waals surface area (Å²) in [6.45, 7) is 0. The number of halogens is 4. The van der Waals surface area contributed by atoms with Crippen LogP contribution in [0, 0.1) is 0 Å². The highest BCUT2D eigenvalue weighted by Crippen LogP contribution is 2.30. The summed E-state index contributed by atoms with van der Waals surface area (Å²) in [5.74, 6) is -0.446. The molecule has 0 amide bonds. The third kappa shape index (κ3) is 3.72. The minimum absolute atomic E-state index is 0.00336. The summed E-state index contributed by atoms with van der Waals surface area (Å²) in [6, 6.07) is 5.93. The number of nitrogen functional groups attached to an aromatic ring is 1. The Morgan fingerprint density at radius 1 is 1.29 bits per heavy atom. The van der Waals surface area contributed by atoms with Crippen LogP contribution < -0.4 is 5.73 Å². The number of nitrogens with zero attached hydrogens (tertiary/aromatic N) is 1. The standard InChI is InChI=1S/C14H10ClF3N2O/c15-10-6-11(13(19)20-7-10)12(21)5-8-2-1-3-9(4-8)14(16,17)18/h1-4,6-7H,5H2,(H2,19,20). The molecule has 1 aromatic heterocycles. The number of benzene rings is 1. The van der Waals surface area contributed by atoms with Crippen molar-refractivity contribution in [3.05, 3.63) is 58.2 Å². The minimum atomic E-state index is -4.45. The summed E-state index contributed by atoms with van der Waals surface area (Å²) in [5, 5.41) is 0.233. The molecule has 0 spiro atoms. The van der Waals surface area contributed by atoms with E-state index in [9.17, 15) is 18.0 Å². The summed E-state index contributed by atoms with van der Waals surface area (Å²) in [4.78, 5) is 15.8. The van der Waals surface area contributed by atoms with Gasteiger partial charge in [-0.25, -0.2) is 4.98 Å². The quantitative estimate of drug-likeness (QED) is 0.878. The van der Waals surface area contributed by atoms with Crippen LogP contribution in [0.3, 0.4) is 0 Å². The Kier molecular flexibility index (Phi) is 4.18. The van der Waals surface area contributed by atoms with Crippen LogP contribution in [0.1, 0.15) is 21.5 Å². The van der Waals surface area contributed by atoms with Gasteiger partial charge >= 0.3 is 6.18 Å². The molecule has 21 heavy (non-hydrogen) atoms. The Bertz CT molecular complexity index is 686. The molecular weight excluding hydrogens is 305 g/mol. The molecule has 3 nitrogen and oxygen atoms in total. The van der Waals surface area contributed by atoms with Gasteiger partial charge in [0.2, 0.25) is 0 Å². The molecule has 0 saturated heterocycles. The van der Waals surface area contributed by atoms with Crippen LogP contribution in [0.2, 0.25) is 5.02 Å². The van der Waals surface area contributed by atoms with Crippen LogP contribution in [0.5, 0.6) is 0 Å². The molecule has 2 rings (SSSR count). The number of pyridine rings is 1. The van der Waals surface area contributed by atoms with Crippen LogP contribution in [0.4, 0.5) is 19.0 Å². The van der Waals surface area contributed by atoms with E-state index >= 15 is 0 Å². The Morgan fingerprint density at radius 2 is 2.00 bits per heavy atom. The lowest BCUT2D eigenvalue weighted by Crippen LogP contribution is -2.10. The van der Waals surface area contributed by atoms with E-state index in [0.717, 1.165) is 12.1 Å². The van der Waals surface area contributed by atoms with Crippen LogP contribution in [0.15, 0.2) is 36.5 Å². The average Bonchev–Trinajstić information content (AvgIpc) is 2.41.